The number of nitrogens with zero attached hydrogens (tertiary/aromatic N) is 4. The lowest BCUT2D eigenvalue weighted by molar-refractivity contribution is -0.689. The first kappa shape index (κ1) is 25.9. The van der Waals surface area contributed by atoms with Gasteiger partial charge in [0.1, 0.15) is 9.98 Å². The average Bonchev–Trinajstić information content (AvgIpc) is 2.87. The molecule has 34 heavy (non-hydrogen) atoms. The topological polar surface area (TPSA) is 14.2 Å². The van der Waals surface area contributed by atoms with Crippen molar-refractivity contribution in [3.05, 3.63) is 95.6 Å². The molecule has 2 heterocycles. The van der Waals surface area contributed by atoms with Crippen LogP contribution in [0.2, 0.25) is 0 Å². The molecule has 0 saturated carbocycles. The minimum atomic E-state index is 0.815. The minimum Gasteiger partial charge on any atom is -0.363 e. The molecular formula is C28H36N4S2+2. The minimum absolute atomic E-state index is 0.815. The molecule has 0 aliphatic heterocycles. The summed E-state index contributed by atoms with van der Waals surface area (Å²) >= 11 is 11.4. The van der Waals surface area contributed by atoms with E-state index in [1.165, 1.54) is 11.1 Å². The Hall–Kier alpha value is -2.70. The number of hydrogen-bond donors (Lipinski definition) is 0. The highest BCUT2D eigenvalue weighted by Gasteiger charge is 2.14. The normalized spacial score (nSPS) is 10.7. The van der Waals surface area contributed by atoms with Gasteiger partial charge in [0.05, 0.1) is 11.1 Å². The summed E-state index contributed by atoms with van der Waals surface area (Å²) in [7, 11) is 0. The third-order valence-corrected chi connectivity index (χ3v) is 7.05. The summed E-state index contributed by atoms with van der Waals surface area (Å²) in [6, 6.07) is 17.2. The smallest absolute Gasteiger partial charge is 0.179 e. The summed E-state index contributed by atoms with van der Waals surface area (Å²) in [6.07, 6.45) is 8.49. The molecule has 6 heteroatoms. The molecule has 0 aliphatic rings. The molecule has 0 amide bonds. The maximum atomic E-state index is 5.70. The number of thiocarbonyl (C=S) groups is 2. The molecule has 3 aromatic rings. The Kier molecular flexibility index (Phi) is 9.66. The second-order valence-electron chi connectivity index (χ2n) is 8.30. The van der Waals surface area contributed by atoms with E-state index in [2.05, 4.69) is 120 Å². The highest BCUT2D eigenvalue weighted by atomic mass is 32.1. The van der Waals surface area contributed by atoms with E-state index in [1.807, 2.05) is 0 Å². The first-order chi connectivity index (χ1) is 16.5. The van der Waals surface area contributed by atoms with Gasteiger partial charge in [0, 0.05) is 49.4 Å². The van der Waals surface area contributed by atoms with Gasteiger partial charge in [-0.1, -0.05) is 48.7 Å². The summed E-state index contributed by atoms with van der Waals surface area (Å²) < 4.78 is 4.40. The van der Waals surface area contributed by atoms with Crippen molar-refractivity contribution in [1.82, 2.24) is 9.80 Å². The van der Waals surface area contributed by atoms with E-state index < -0.39 is 0 Å². The molecule has 178 valence electrons. The maximum absolute atomic E-state index is 5.70. The van der Waals surface area contributed by atoms with Gasteiger partial charge >= 0.3 is 0 Å². The van der Waals surface area contributed by atoms with Gasteiger partial charge in [-0.05, 0) is 39.8 Å². The second kappa shape index (κ2) is 12.7. The van der Waals surface area contributed by atoms with Crippen LogP contribution in [-0.4, -0.2) is 46.0 Å². The Balaban J connectivity index is 1.68. The standard InChI is InChI=1S/C28H36N4S2/c1-5-31(6-2)27(33)25-11-9-17-29(21-25)19-23-13-15-24(16-14-23)20-30-18-10-12-26(22-30)28(34)32(7-3)8-4/h9-18,21-22H,5-8,19-20H2,1-4H3/q+2. The fourth-order valence-electron chi connectivity index (χ4n) is 4.05. The van der Waals surface area contributed by atoms with Crippen LogP contribution < -0.4 is 9.13 Å². The highest BCUT2D eigenvalue weighted by molar-refractivity contribution is 7.80. The number of rotatable bonds is 10. The van der Waals surface area contributed by atoms with E-state index in [4.69, 9.17) is 24.4 Å². The van der Waals surface area contributed by atoms with Crippen LogP contribution in [0.25, 0.3) is 0 Å². The van der Waals surface area contributed by atoms with Gasteiger partial charge in [-0.25, -0.2) is 9.13 Å². The lowest BCUT2D eigenvalue weighted by Gasteiger charge is -2.21. The fraction of sp³-hybridized carbons (Fsp3) is 0.357. The first-order valence-corrected chi connectivity index (χ1v) is 12.9. The van der Waals surface area contributed by atoms with Gasteiger partial charge in [-0.15, -0.1) is 0 Å². The molecule has 0 spiro atoms. The molecule has 0 aliphatic carbocycles. The summed E-state index contributed by atoms with van der Waals surface area (Å²) in [5.74, 6) is 0. The molecule has 0 N–H and O–H groups in total. The Morgan fingerprint density at radius 2 is 0.971 bits per heavy atom. The van der Waals surface area contributed by atoms with E-state index in [-0.39, 0.29) is 0 Å². The fourth-order valence-corrected chi connectivity index (χ4v) is 4.81. The van der Waals surface area contributed by atoms with E-state index in [0.717, 1.165) is 60.4 Å². The maximum Gasteiger partial charge on any atom is 0.179 e. The molecule has 1 aromatic carbocycles. The van der Waals surface area contributed by atoms with Crippen LogP contribution in [0.5, 0.6) is 0 Å². The van der Waals surface area contributed by atoms with E-state index in [0.29, 0.717) is 0 Å². The zero-order chi connectivity index (χ0) is 24.5. The van der Waals surface area contributed by atoms with Crippen molar-refractivity contribution < 1.29 is 9.13 Å². The zero-order valence-electron chi connectivity index (χ0n) is 20.8. The largest absolute Gasteiger partial charge is 0.363 e. The van der Waals surface area contributed by atoms with Crippen molar-refractivity contribution in [2.45, 2.75) is 40.8 Å². The van der Waals surface area contributed by atoms with Crippen molar-refractivity contribution in [3.8, 4) is 0 Å². The summed E-state index contributed by atoms with van der Waals surface area (Å²) in [5, 5.41) is 0. The van der Waals surface area contributed by atoms with Gasteiger partial charge in [0.25, 0.3) is 0 Å². The molecule has 2 aromatic heterocycles. The number of hydrogen-bond acceptors (Lipinski definition) is 2. The van der Waals surface area contributed by atoms with E-state index in [1.54, 1.807) is 0 Å². The lowest BCUT2D eigenvalue weighted by Crippen LogP contribution is -2.37. The molecule has 0 radical (unpaired) electrons. The second-order valence-corrected chi connectivity index (χ2v) is 9.07. The quantitative estimate of drug-likeness (QED) is 0.308. The summed E-state index contributed by atoms with van der Waals surface area (Å²) in [4.78, 5) is 6.25. The van der Waals surface area contributed by atoms with Crippen molar-refractivity contribution in [2.24, 2.45) is 0 Å². The average molecular weight is 493 g/mol. The van der Waals surface area contributed by atoms with Gasteiger partial charge in [-0.2, -0.15) is 0 Å². The Labute approximate surface area is 215 Å². The number of pyridine rings is 2. The van der Waals surface area contributed by atoms with Crippen molar-refractivity contribution >= 4 is 34.4 Å². The van der Waals surface area contributed by atoms with Gasteiger partial charge in [-0.3, -0.25) is 0 Å². The summed E-state index contributed by atoms with van der Waals surface area (Å²) in [6.45, 7) is 13.9. The van der Waals surface area contributed by atoms with Crippen LogP contribution in [-0.2, 0) is 13.1 Å². The molecule has 0 atom stereocenters. The van der Waals surface area contributed by atoms with Crippen LogP contribution in [0.1, 0.15) is 49.9 Å². The van der Waals surface area contributed by atoms with E-state index >= 15 is 0 Å². The van der Waals surface area contributed by atoms with Crippen LogP contribution in [0.3, 0.4) is 0 Å². The molecule has 0 unspecified atom stereocenters. The highest BCUT2D eigenvalue weighted by Crippen LogP contribution is 2.08. The third-order valence-electron chi connectivity index (χ3n) is 6.06. The Morgan fingerprint density at radius 1 is 0.618 bits per heavy atom. The zero-order valence-corrected chi connectivity index (χ0v) is 22.4. The molecule has 3 rings (SSSR count). The molecule has 4 nitrogen and oxygen atoms in total. The van der Waals surface area contributed by atoms with Gasteiger partial charge < -0.3 is 9.80 Å². The van der Waals surface area contributed by atoms with Gasteiger partial charge in [0.2, 0.25) is 0 Å². The number of benzene rings is 1. The Bertz CT molecular complexity index is 1010. The van der Waals surface area contributed by atoms with E-state index in [9.17, 15) is 0 Å². The predicted molar refractivity (Wildman–Crippen MR) is 147 cm³/mol. The molecule has 0 saturated heterocycles. The molecule has 0 fully saturated rings. The molecule has 0 bridgehead atoms. The predicted octanol–water partition coefficient (Wildman–Crippen LogP) is 4.39. The van der Waals surface area contributed by atoms with Crippen LogP contribution in [0.4, 0.5) is 0 Å². The van der Waals surface area contributed by atoms with Crippen molar-refractivity contribution in [2.75, 3.05) is 26.2 Å². The van der Waals surface area contributed by atoms with Crippen molar-refractivity contribution in [1.29, 1.82) is 0 Å². The lowest BCUT2D eigenvalue weighted by atomic mass is 10.1. The third kappa shape index (κ3) is 6.67. The summed E-state index contributed by atoms with van der Waals surface area (Å²) in [5.41, 5.74) is 4.72. The monoisotopic (exact) mass is 492 g/mol. The molecular weight excluding hydrogens is 456 g/mol. The van der Waals surface area contributed by atoms with Crippen LogP contribution >= 0.6 is 24.4 Å². The van der Waals surface area contributed by atoms with Gasteiger partial charge in [0.15, 0.2) is 37.9 Å². The first-order valence-electron chi connectivity index (χ1n) is 12.1. The van der Waals surface area contributed by atoms with Crippen molar-refractivity contribution in [3.63, 3.8) is 0 Å². The Morgan fingerprint density at radius 3 is 1.29 bits per heavy atom. The van der Waals surface area contributed by atoms with Crippen LogP contribution in [0.15, 0.2) is 73.3 Å². The number of aromatic nitrogens is 2. The van der Waals surface area contributed by atoms with Crippen LogP contribution in [0, 0.1) is 0 Å². The SMILES string of the molecule is CCN(CC)C(=S)c1ccc[n+](Cc2ccc(C[n+]3cccc(C(=S)N(CC)CC)c3)cc2)c1.